The maximum Gasteiger partial charge on any atom is 0.255 e. The van der Waals surface area contributed by atoms with E-state index in [2.05, 4.69) is 9.88 Å². The number of nitrogens with zero attached hydrogens (tertiary/aromatic N) is 4. The number of rotatable bonds is 4. The van der Waals surface area contributed by atoms with E-state index in [0.29, 0.717) is 24.0 Å². The molecule has 29 heavy (non-hydrogen) atoms. The Labute approximate surface area is 172 Å². The van der Waals surface area contributed by atoms with Crippen molar-refractivity contribution in [2.45, 2.75) is 51.4 Å². The number of aromatic nitrogens is 3. The monoisotopic (exact) mass is 394 g/mol. The number of carbonyl (C=O) groups excluding carboxylic acids is 1. The van der Waals surface area contributed by atoms with E-state index in [1.807, 2.05) is 12.1 Å². The normalized spacial score (nSPS) is 21.0. The highest BCUT2D eigenvalue weighted by atomic mass is 16.1. The molecule has 6 nitrogen and oxygen atoms in total. The first-order valence-corrected chi connectivity index (χ1v) is 10.9. The fourth-order valence-corrected chi connectivity index (χ4v) is 4.77. The number of hydrogen-bond acceptors (Lipinski definition) is 5. The van der Waals surface area contributed by atoms with Gasteiger partial charge in [-0.3, -0.25) is 19.1 Å². The van der Waals surface area contributed by atoms with Gasteiger partial charge in [-0.1, -0.05) is 25.7 Å². The minimum atomic E-state index is -0.0842. The van der Waals surface area contributed by atoms with Crippen LogP contribution in [0.5, 0.6) is 0 Å². The summed E-state index contributed by atoms with van der Waals surface area (Å²) in [6, 6.07) is 5.29. The lowest BCUT2D eigenvalue weighted by Crippen LogP contribution is -2.43. The highest BCUT2D eigenvalue weighted by molar-refractivity contribution is 5.84. The van der Waals surface area contributed by atoms with Gasteiger partial charge in [-0.25, -0.2) is 4.98 Å². The van der Waals surface area contributed by atoms with Crippen LogP contribution in [0.4, 0.5) is 5.95 Å². The molecule has 0 aromatic carbocycles. The zero-order valence-electron chi connectivity index (χ0n) is 17.2. The van der Waals surface area contributed by atoms with E-state index < -0.39 is 0 Å². The lowest BCUT2D eigenvalue weighted by atomic mass is 9.83. The summed E-state index contributed by atoms with van der Waals surface area (Å²) in [4.78, 5) is 36.8. The number of piperidine rings is 1. The highest BCUT2D eigenvalue weighted by Gasteiger charge is 2.32. The molecule has 0 bridgehead atoms. The van der Waals surface area contributed by atoms with Gasteiger partial charge in [-0.05, 0) is 37.8 Å². The molecule has 1 saturated heterocycles. The van der Waals surface area contributed by atoms with Gasteiger partial charge in [0.1, 0.15) is 5.78 Å². The van der Waals surface area contributed by atoms with Gasteiger partial charge in [0.05, 0.1) is 5.69 Å². The number of carbonyl (C=O) groups is 1. The lowest BCUT2D eigenvalue weighted by Gasteiger charge is -2.35. The second kappa shape index (κ2) is 8.89. The SMILES string of the molecule is Cn1c(N2CCCC(C(=O)C3CCCCCC3)C2)nc(-c2ccncc2)cc1=O. The largest absolute Gasteiger partial charge is 0.341 e. The fourth-order valence-electron chi connectivity index (χ4n) is 4.77. The third-order valence-corrected chi connectivity index (χ3v) is 6.45. The molecule has 154 valence electrons. The van der Waals surface area contributed by atoms with Crippen molar-refractivity contribution in [3.8, 4) is 11.3 Å². The molecule has 1 atom stereocenters. The van der Waals surface area contributed by atoms with Gasteiger partial charge in [0, 0.05) is 56.0 Å². The van der Waals surface area contributed by atoms with Crippen LogP contribution in [0.3, 0.4) is 0 Å². The van der Waals surface area contributed by atoms with Gasteiger partial charge in [0.15, 0.2) is 0 Å². The molecule has 1 aliphatic carbocycles. The molecule has 1 aliphatic heterocycles. The Balaban J connectivity index is 1.57. The minimum absolute atomic E-state index is 0.0494. The van der Waals surface area contributed by atoms with Gasteiger partial charge in [0.2, 0.25) is 5.95 Å². The van der Waals surface area contributed by atoms with E-state index in [1.165, 1.54) is 25.7 Å². The average Bonchev–Trinajstić information content (AvgIpc) is 3.05. The van der Waals surface area contributed by atoms with Crippen LogP contribution in [0.25, 0.3) is 11.3 Å². The van der Waals surface area contributed by atoms with Crippen LogP contribution in [-0.2, 0) is 11.8 Å². The molecule has 2 aromatic rings. The number of Topliss-reactive ketones (excluding diaryl/α,β-unsaturated/α-hetero) is 1. The van der Waals surface area contributed by atoms with E-state index in [4.69, 9.17) is 4.98 Å². The van der Waals surface area contributed by atoms with Crippen LogP contribution in [0, 0.1) is 11.8 Å². The molecule has 1 unspecified atom stereocenters. The van der Waals surface area contributed by atoms with E-state index in [9.17, 15) is 9.59 Å². The second-order valence-corrected chi connectivity index (χ2v) is 8.45. The van der Waals surface area contributed by atoms with Gasteiger partial charge in [0.25, 0.3) is 5.56 Å². The third kappa shape index (κ3) is 4.41. The smallest absolute Gasteiger partial charge is 0.255 e. The third-order valence-electron chi connectivity index (χ3n) is 6.45. The van der Waals surface area contributed by atoms with Crippen LogP contribution in [0.15, 0.2) is 35.4 Å². The molecular weight excluding hydrogens is 364 g/mol. The summed E-state index contributed by atoms with van der Waals surface area (Å²) >= 11 is 0. The summed E-state index contributed by atoms with van der Waals surface area (Å²) in [5, 5.41) is 0. The van der Waals surface area contributed by atoms with Crippen LogP contribution >= 0.6 is 0 Å². The second-order valence-electron chi connectivity index (χ2n) is 8.45. The molecule has 4 rings (SSSR count). The van der Waals surface area contributed by atoms with Gasteiger partial charge in [-0.2, -0.15) is 0 Å². The molecular formula is C23H30N4O2. The van der Waals surface area contributed by atoms with E-state index in [0.717, 1.165) is 37.8 Å². The van der Waals surface area contributed by atoms with Crippen molar-refractivity contribution in [1.29, 1.82) is 0 Å². The quantitative estimate of drug-likeness (QED) is 0.741. The Morgan fingerprint density at radius 3 is 2.41 bits per heavy atom. The molecule has 2 aromatic heterocycles. The molecule has 0 amide bonds. The Bertz CT molecular complexity index is 901. The summed E-state index contributed by atoms with van der Waals surface area (Å²) in [5.41, 5.74) is 1.45. The molecule has 1 saturated carbocycles. The van der Waals surface area contributed by atoms with Crippen molar-refractivity contribution in [3.05, 3.63) is 40.9 Å². The first-order valence-electron chi connectivity index (χ1n) is 10.9. The number of pyridine rings is 1. The Morgan fingerprint density at radius 1 is 1.00 bits per heavy atom. The van der Waals surface area contributed by atoms with Gasteiger partial charge in [-0.15, -0.1) is 0 Å². The first kappa shape index (κ1) is 19.8. The predicted molar refractivity (Wildman–Crippen MR) is 114 cm³/mol. The van der Waals surface area contributed by atoms with Crippen LogP contribution in [0.2, 0.25) is 0 Å². The fraction of sp³-hybridized carbons (Fsp3) is 0.565. The maximum absolute atomic E-state index is 13.2. The highest BCUT2D eigenvalue weighted by Crippen LogP contribution is 2.30. The molecule has 6 heteroatoms. The zero-order chi connectivity index (χ0) is 20.2. The molecule has 3 heterocycles. The van der Waals surface area contributed by atoms with E-state index in [1.54, 1.807) is 30.1 Å². The standard InChI is InChI=1S/C23H30N4O2/c1-26-21(28)15-20(17-10-12-24-13-11-17)25-23(26)27-14-6-9-19(16-27)22(29)18-7-4-2-3-5-8-18/h10-13,15,18-19H,2-9,14,16H2,1H3. The lowest BCUT2D eigenvalue weighted by molar-refractivity contribution is -0.127. The van der Waals surface area contributed by atoms with Crippen molar-refractivity contribution >= 4 is 11.7 Å². The van der Waals surface area contributed by atoms with Gasteiger partial charge >= 0.3 is 0 Å². The summed E-state index contributed by atoms with van der Waals surface area (Å²) in [7, 11) is 1.76. The van der Waals surface area contributed by atoms with E-state index >= 15 is 0 Å². The topological polar surface area (TPSA) is 68.1 Å². The first-order chi connectivity index (χ1) is 14.1. The summed E-state index contributed by atoms with van der Waals surface area (Å²) < 4.78 is 1.60. The molecule has 0 spiro atoms. The average molecular weight is 395 g/mol. The summed E-state index contributed by atoms with van der Waals surface area (Å²) in [5.74, 6) is 1.37. The Kier molecular flexibility index (Phi) is 6.07. The Hall–Kier alpha value is -2.50. The van der Waals surface area contributed by atoms with Crippen LogP contribution in [-0.4, -0.2) is 33.4 Å². The molecule has 2 fully saturated rings. The number of ketones is 1. The molecule has 0 radical (unpaired) electrons. The Morgan fingerprint density at radius 2 is 1.69 bits per heavy atom. The minimum Gasteiger partial charge on any atom is -0.341 e. The molecule has 0 N–H and O–H groups in total. The summed E-state index contributed by atoms with van der Waals surface area (Å²) in [6.45, 7) is 1.49. The van der Waals surface area contributed by atoms with Crippen LogP contribution in [0.1, 0.15) is 51.4 Å². The maximum atomic E-state index is 13.2. The predicted octanol–water partition coefficient (Wildman–Crippen LogP) is 3.60. The number of hydrogen-bond donors (Lipinski definition) is 0. The van der Waals surface area contributed by atoms with Crippen molar-refractivity contribution in [3.63, 3.8) is 0 Å². The van der Waals surface area contributed by atoms with E-state index in [-0.39, 0.29) is 17.4 Å². The molecule has 2 aliphatic rings. The van der Waals surface area contributed by atoms with Crippen molar-refractivity contribution in [2.24, 2.45) is 18.9 Å². The van der Waals surface area contributed by atoms with Crippen molar-refractivity contribution in [2.75, 3.05) is 18.0 Å². The van der Waals surface area contributed by atoms with Crippen molar-refractivity contribution < 1.29 is 4.79 Å². The van der Waals surface area contributed by atoms with Gasteiger partial charge < -0.3 is 4.90 Å². The van der Waals surface area contributed by atoms with Crippen LogP contribution < -0.4 is 10.5 Å². The summed E-state index contributed by atoms with van der Waals surface area (Å²) in [6.07, 6.45) is 12.3. The number of anilines is 1. The zero-order valence-corrected chi connectivity index (χ0v) is 17.2. The van der Waals surface area contributed by atoms with Crippen molar-refractivity contribution in [1.82, 2.24) is 14.5 Å².